The Morgan fingerprint density at radius 2 is 1.92 bits per heavy atom. The molecule has 5 heteroatoms. The van der Waals surface area contributed by atoms with E-state index >= 15 is 0 Å². The van der Waals surface area contributed by atoms with Gasteiger partial charge in [0, 0.05) is 22.8 Å². The fraction of sp³-hybridized carbons (Fsp3) is 0.190. The summed E-state index contributed by atoms with van der Waals surface area (Å²) < 4.78 is 5.38. The Labute approximate surface area is 158 Å². The summed E-state index contributed by atoms with van der Waals surface area (Å²) in [7, 11) is 0. The van der Waals surface area contributed by atoms with Gasteiger partial charge in [-0.3, -0.25) is 4.79 Å². The molecule has 2 N–H and O–H groups in total. The normalized spacial score (nSPS) is 12.0. The predicted molar refractivity (Wildman–Crippen MR) is 105 cm³/mol. The largest absolute Gasteiger partial charge is 0.468 e. The van der Waals surface area contributed by atoms with Crippen LogP contribution in [-0.2, 0) is 6.54 Å². The molecule has 0 aliphatic heterocycles. The lowest BCUT2D eigenvalue weighted by molar-refractivity contribution is 0.102. The van der Waals surface area contributed by atoms with Crippen LogP contribution < -0.4 is 10.6 Å². The summed E-state index contributed by atoms with van der Waals surface area (Å²) in [5.41, 5.74) is 3.37. The third-order valence-corrected chi connectivity index (χ3v) is 4.64. The van der Waals surface area contributed by atoms with Crippen molar-refractivity contribution in [2.75, 3.05) is 5.32 Å². The van der Waals surface area contributed by atoms with Crippen LogP contribution in [0.15, 0.2) is 65.3 Å². The number of aryl methyl sites for hydroxylation is 1. The van der Waals surface area contributed by atoms with Crippen LogP contribution in [0.2, 0.25) is 5.02 Å². The van der Waals surface area contributed by atoms with Gasteiger partial charge in [0.15, 0.2) is 0 Å². The van der Waals surface area contributed by atoms with Crippen LogP contribution in [0.3, 0.4) is 0 Å². The van der Waals surface area contributed by atoms with Crippen molar-refractivity contribution in [1.29, 1.82) is 0 Å². The van der Waals surface area contributed by atoms with Crippen molar-refractivity contribution < 1.29 is 9.21 Å². The number of hydrogen-bond donors (Lipinski definition) is 2. The Kier molecular flexibility index (Phi) is 5.76. The average molecular weight is 369 g/mol. The first-order valence-electron chi connectivity index (χ1n) is 8.46. The summed E-state index contributed by atoms with van der Waals surface area (Å²) in [6.07, 6.45) is 1.67. The van der Waals surface area contributed by atoms with Crippen molar-refractivity contribution in [3.05, 3.63) is 88.3 Å². The number of furan rings is 1. The molecule has 0 fully saturated rings. The molecule has 134 valence electrons. The SMILES string of the molecule is Cc1cc(NC(=O)c2ccc(CN[C@@H](C)c3ccco3)cc2)ccc1Cl. The summed E-state index contributed by atoms with van der Waals surface area (Å²) in [5.74, 6) is 0.759. The molecule has 2 aromatic carbocycles. The average Bonchev–Trinajstić information content (AvgIpc) is 3.18. The molecule has 0 aliphatic rings. The molecule has 0 unspecified atom stereocenters. The summed E-state index contributed by atoms with van der Waals surface area (Å²) in [6, 6.07) is 16.9. The van der Waals surface area contributed by atoms with Crippen molar-refractivity contribution >= 4 is 23.2 Å². The quantitative estimate of drug-likeness (QED) is 0.617. The van der Waals surface area contributed by atoms with Gasteiger partial charge in [-0.15, -0.1) is 0 Å². The van der Waals surface area contributed by atoms with Gasteiger partial charge in [-0.1, -0.05) is 23.7 Å². The number of anilines is 1. The molecule has 1 atom stereocenters. The van der Waals surface area contributed by atoms with Crippen molar-refractivity contribution in [3.63, 3.8) is 0 Å². The minimum atomic E-state index is -0.143. The van der Waals surface area contributed by atoms with Gasteiger partial charge in [0.2, 0.25) is 0 Å². The number of benzene rings is 2. The number of amides is 1. The van der Waals surface area contributed by atoms with Crippen molar-refractivity contribution in [3.8, 4) is 0 Å². The Morgan fingerprint density at radius 1 is 1.15 bits per heavy atom. The van der Waals surface area contributed by atoms with Gasteiger partial charge in [-0.05, 0) is 67.4 Å². The van der Waals surface area contributed by atoms with Crippen LogP contribution in [0, 0.1) is 6.92 Å². The number of nitrogens with one attached hydrogen (secondary N) is 2. The van der Waals surface area contributed by atoms with Crippen molar-refractivity contribution in [1.82, 2.24) is 5.32 Å². The summed E-state index contributed by atoms with van der Waals surface area (Å²) in [4.78, 5) is 12.4. The smallest absolute Gasteiger partial charge is 0.255 e. The molecule has 26 heavy (non-hydrogen) atoms. The number of carbonyl (C=O) groups is 1. The molecule has 4 nitrogen and oxygen atoms in total. The van der Waals surface area contributed by atoms with Crippen LogP contribution in [-0.4, -0.2) is 5.91 Å². The second-order valence-electron chi connectivity index (χ2n) is 6.23. The Balaban J connectivity index is 1.58. The van der Waals surface area contributed by atoms with E-state index < -0.39 is 0 Å². The maximum absolute atomic E-state index is 12.4. The highest BCUT2D eigenvalue weighted by Crippen LogP contribution is 2.20. The van der Waals surface area contributed by atoms with E-state index in [1.54, 1.807) is 18.4 Å². The summed E-state index contributed by atoms with van der Waals surface area (Å²) in [5, 5.41) is 6.97. The zero-order valence-electron chi connectivity index (χ0n) is 14.8. The van der Waals surface area contributed by atoms with Crippen LogP contribution in [0.1, 0.15) is 40.2 Å². The molecule has 0 saturated heterocycles. The molecule has 0 radical (unpaired) electrons. The molecule has 1 heterocycles. The number of rotatable bonds is 6. The molecule has 1 aromatic heterocycles. The van der Waals surface area contributed by atoms with E-state index in [0.29, 0.717) is 17.1 Å². The first-order chi connectivity index (χ1) is 12.5. The third-order valence-electron chi connectivity index (χ3n) is 4.21. The van der Waals surface area contributed by atoms with Gasteiger partial charge in [0.1, 0.15) is 5.76 Å². The van der Waals surface area contributed by atoms with Gasteiger partial charge in [-0.2, -0.15) is 0 Å². The van der Waals surface area contributed by atoms with E-state index in [9.17, 15) is 4.79 Å². The molecule has 3 aromatic rings. The van der Waals surface area contributed by atoms with E-state index in [-0.39, 0.29) is 11.9 Å². The topological polar surface area (TPSA) is 54.3 Å². The second kappa shape index (κ2) is 8.21. The van der Waals surface area contributed by atoms with Crippen LogP contribution in [0.4, 0.5) is 5.69 Å². The third kappa shape index (κ3) is 4.54. The highest BCUT2D eigenvalue weighted by molar-refractivity contribution is 6.31. The monoisotopic (exact) mass is 368 g/mol. The molecule has 0 spiro atoms. The molecule has 0 aliphatic carbocycles. The van der Waals surface area contributed by atoms with E-state index in [1.807, 2.05) is 49.4 Å². The lowest BCUT2D eigenvalue weighted by atomic mass is 10.1. The zero-order valence-corrected chi connectivity index (χ0v) is 15.5. The van der Waals surface area contributed by atoms with E-state index in [2.05, 4.69) is 17.6 Å². The van der Waals surface area contributed by atoms with Crippen LogP contribution in [0.25, 0.3) is 0 Å². The molecule has 0 bridgehead atoms. The van der Waals surface area contributed by atoms with Crippen molar-refractivity contribution in [2.45, 2.75) is 26.4 Å². The molecular weight excluding hydrogens is 348 g/mol. The van der Waals surface area contributed by atoms with E-state index in [1.165, 1.54) is 0 Å². The zero-order chi connectivity index (χ0) is 18.5. The first kappa shape index (κ1) is 18.2. The second-order valence-corrected chi connectivity index (χ2v) is 6.64. The molecule has 3 rings (SSSR count). The van der Waals surface area contributed by atoms with Gasteiger partial charge in [0.25, 0.3) is 5.91 Å². The molecule has 0 saturated carbocycles. The summed E-state index contributed by atoms with van der Waals surface area (Å²) >= 11 is 6.01. The minimum Gasteiger partial charge on any atom is -0.468 e. The highest BCUT2D eigenvalue weighted by Gasteiger charge is 2.09. The Bertz CT molecular complexity index is 874. The predicted octanol–water partition coefficient (Wildman–Crippen LogP) is 5.34. The van der Waals surface area contributed by atoms with Gasteiger partial charge in [-0.25, -0.2) is 0 Å². The molecular formula is C21H21ClN2O2. The van der Waals surface area contributed by atoms with Crippen molar-refractivity contribution in [2.24, 2.45) is 0 Å². The maximum atomic E-state index is 12.4. The minimum absolute atomic E-state index is 0.126. The maximum Gasteiger partial charge on any atom is 0.255 e. The van der Waals surface area contributed by atoms with Crippen LogP contribution >= 0.6 is 11.6 Å². The Morgan fingerprint density at radius 3 is 2.58 bits per heavy atom. The van der Waals surface area contributed by atoms with E-state index in [4.69, 9.17) is 16.0 Å². The molecule has 1 amide bonds. The standard InChI is InChI=1S/C21H21ClN2O2/c1-14-12-18(9-10-19(14)22)24-21(25)17-7-5-16(6-8-17)13-23-15(2)20-4-3-11-26-20/h3-12,15,23H,13H2,1-2H3,(H,24,25)/t15-/m0/s1. The van der Waals surface area contributed by atoms with E-state index in [0.717, 1.165) is 22.6 Å². The number of halogens is 1. The lowest BCUT2D eigenvalue weighted by Crippen LogP contribution is -2.17. The van der Waals surface area contributed by atoms with Gasteiger partial charge >= 0.3 is 0 Å². The lowest BCUT2D eigenvalue weighted by Gasteiger charge is -2.12. The van der Waals surface area contributed by atoms with Gasteiger partial charge < -0.3 is 15.1 Å². The Hall–Kier alpha value is -2.56. The number of hydrogen-bond acceptors (Lipinski definition) is 3. The first-order valence-corrected chi connectivity index (χ1v) is 8.84. The summed E-state index contributed by atoms with van der Waals surface area (Å²) in [6.45, 7) is 4.65. The highest BCUT2D eigenvalue weighted by atomic mass is 35.5. The van der Waals surface area contributed by atoms with Crippen LogP contribution in [0.5, 0.6) is 0 Å². The fourth-order valence-corrected chi connectivity index (χ4v) is 2.73. The number of carbonyl (C=O) groups excluding carboxylic acids is 1. The fourth-order valence-electron chi connectivity index (χ4n) is 2.61. The van der Waals surface area contributed by atoms with Gasteiger partial charge in [0.05, 0.1) is 12.3 Å².